The van der Waals surface area contributed by atoms with E-state index in [1.54, 1.807) is 23.5 Å². The maximum atomic E-state index is 11.4. The Morgan fingerprint density at radius 3 is 2.85 bits per heavy atom. The molecule has 3 N–H and O–H groups in total. The van der Waals surface area contributed by atoms with Gasteiger partial charge in [0.1, 0.15) is 0 Å². The minimum atomic E-state index is -0.380. The monoisotopic (exact) mass is 290 g/mol. The molecule has 0 saturated heterocycles. The molecule has 106 valence electrons. The van der Waals surface area contributed by atoms with Crippen LogP contribution >= 0.6 is 11.3 Å². The molecule has 1 aromatic heterocycles. The van der Waals surface area contributed by atoms with Crippen molar-refractivity contribution in [2.45, 2.75) is 19.4 Å². The van der Waals surface area contributed by atoms with E-state index in [1.165, 1.54) is 12.7 Å². The van der Waals surface area contributed by atoms with E-state index < -0.39 is 0 Å². The average Bonchev–Trinajstić information content (AvgIpc) is 2.93. The Bertz CT molecular complexity index is 582. The number of benzene rings is 1. The predicted octanol–water partition coefficient (Wildman–Crippen LogP) is 3.16. The van der Waals surface area contributed by atoms with E-state index in [2.05, 4.69) is 33.8 Å². The lowest BCUT2D eigenvalue weighted by molar-refractivity contribution is 0.0601. The van der Waals surface area contributed by atoms with Crippen LogP contribution in [-0.4, -0.2) is 19.1 Å². The van der Waals surface area contributed by atoms with Gasteiger partial charge >= 0.3 is 5.97 Å². The third-order valence-corrected chi connectivity index (χ3v) is 3.73. The Labute approximate surface area is 122 Å². The van der Waals surface area contributed by atoms with Crippen molar-refractivity contribution < 1.29 is 9.53 Å². The lowest BCUT2D eigenvalue weighted by atomic mass is 10.1. The number of nitrogens with one attached hydrogen (secondary N) is 1. The number of methoxy groups -OCH3 is 1. The molecule has 0 aliphatic heterocycles. The van der Waals surface area contributed by atoms with Gasteiger partial charge in [-0.05, 0) is 53.9 Å². The van der Waals surface area contributed by atoms with E-state index in [9.17, 15) is 4.79 Å². The third kappa shape index (κ3) is 3.51. The molecule has 2 aromatic rings. The molecule has 20 heavy (non-hydrogen) atoms. The first-order valence-corrected chi connectivity index (χ1v) is 7.30. The fraction of sp³-hybridized carbons (Fsp3) is 0.267. The topological polar surface area (TPSA) is 64.3 Å². The second-order valence-electron chi connectivity index (χ2n) is 4.67. The van der Waals surface area contributed by atoms with Gasteiger partial charge in [0.25, 0.3) is 0 Å². The van der Waals surface area contributed by atoms with Crippen LogP contribution in [0.25, 0.3) is 0 Å². The van der Waals surface area contributed by atoms with Crippen LogP contribution in [-0.2, 0) is 11.2 Å². The molecule has 0 spiro atoms. The molecular formula is C15H18N2O2S. The molecule has 1 unspecified atom stereocenters. The van der Waals surface area contributed by atoms with Crippen molar-refractivity contribution >= 4 is 28.7 Å². The molecule has 1 aromatic carbocycles. The summed E-state index contributed by atoms with van der Waals surface area (Å²) in [5.41, 5.74) is 9.11. The van der Waals surface area contributed by atoms with Crippen LogP contribution in [0.5, 0.6) is 0 Å². The smallest absolute Gasteiger partial charge is 0.337 e. The summed E-state index contributed by atoms with van der Waals surface area (Å²) in [5.74, 6) is -0.380. The maximum Gasteiger partial charge on any atom is 0.337 e. The van der Waals surface area contributed by atoms with Gasteiger partial charge in [-0.3, -0.25) is 0 Å². The summed E-state index contributed by atoms with van der Waals surface area (Å²) >= 11 is 1.69. The number of ether oxygens (including phenoxy) is 1. The van der Waals surface area contributed by atoms with Gasteiger partial charge in [0, 0.05) is 6.04 Å². The van der Waals surface area contributed by atoms with Gasteiger partial charge in [-0.1, -0.05) is 0 Å². The van der Waals surface area contributed by atoms with Crippen molar-refractivity contribution in [2.24, 2.45) is 0 Å². The van der Waals surface area contributed by atoms with Gasteiger partial charge in [0.15, 0.2) is 0 Å². The van der Waals surface area contributed by atoms with Gasteiger partial charge in [0.2, 0.25) is 0 Å². The molecule has 2 rings (SSSR count). The quantitative estimate of drug-likeness (QED) is 0.656. The van der Waals surface area contributed by atoms with E-state index in [-0.39, 0.29) is 12.0 Å². The van der Waals surface area contributed by atoms with Crippen molar-refractivity contribution in [1.82, 2.24) is 0 Å². The van der Waals surface area contributed by atoms with Crippen LogP contribution in [0.3, 0.4) is 0 Å². The number of nitrogen functional groups attached to an aromatic ring is 1. The summed E-state index contributed by atoms with van der Waals surface area (Å²) in [5, 5.41) is 7.57. The molecule has 5 heteroatoms. The number of esters is 1. The van der Waals surface area contributed by atoms with Crippen LogP contribution < -0.4 is 11.1 Å². The number of nitrogens with two attached hydrogens (primary N) is 1. The molecule has 1 heterocycles. The number of thiophene rings is 1. The Balaban J connectivity index is 2.04. The molecule has 0 aliphatic rings. The molecule has 1 atom stereocenters. The standard InChI is InChI=1S/C15H18N2O2S/c1-10(7-11-5-6-20-9-11)17-14-4-3-12(8-13(14)16)15(18)19-2/h3-6,8-10,17H,7,16H2,1-2H3. The molecule has 4 nitrogen and oxygen atoms in total. The van der Waals surface area contributed by atoms with Crippen molar-refractivity contribution in [3.05, 3.63) is 46.2 Å². The summed E-state index contributed by atoms with van der Waals surface area (Å²) in [4.78, 5) is 11.4. The van der Waals surface area contributed by atoms with Crippen LogP contribution in [0.15, 0.2) is 35.0 Å². The van der Waals surface area contributed by atoms with Gasteiger partial charge in [-0.2, -0.15) is 11.3 Å². The SMILES string of the molecule is COC(=O)c1ccc(NC(C)Cc2ccsc2)c(N)c1. The van der Waals surface area contributed by atoms with E-state index in [0.717, 1.165) is 12.1 Å². The first kappa shape index (κ1) is 14.4. The molecule has 0 fully saturated rings. The highest BCUT2D eigenvalue weighted by atomic mass is 32.1. The van der Waals surface area contributed by atoms with Gasteiger partial charge < -0.3 is 15.8 Å². The Morgan fingerprint density at radius 1 is 1.45 bits per heavy atom. The van der Waals surface area contributed by atoms with Crippen LogP contribution in [0.2, 0.25) is 0 Å². The van der Waals surface area contributed by atoms with E-state index in [1.807, 2.05) is 6.07 Å². The Morgan fingerprint density at radius 2 is 2.25 bits per heavy atom. The van der Waals surface area contributed by atoms with Crippen LogP contribution in [0, 0.1) is 0 Å². The summed E-state index contributed by atoms with van der Waals surface area (Å²) in [6, 6.07) is 7.53. The number of carbonyl (C=O) groups excluding carboxylic acids is 1. The minimum Gasteiger partial charge on any atom is -0.465 e. The molecule has 0 bridgehead atoms. The van der Waals surface area contributed by atoms with E-state index in [0.29, 0.717) is 11.3 Å². The molecule has 0 aliphatic carbocycles. The maximum absolute atomic E-state index is 11.4. The second-order valence-corrected chi connectivity index (χ2v) is 5.45. The minimum absolute atomic E-state index is 0.260. The summed E-state index contributed by atoms with van der Waals surface area (Å²) < 4.78 is 4.67. The number of hydrogen-bond acceptors (Lipinski definition) is 5. The number of rotatable bonds is 5. The first-order valence-electron chi connectivity index (χ1n) is 6.35. The van der Waals surface area contributed by atoms with Crippen LogP contribution in [0.1, 0.15) is 22.8 Å². The highest BCUT2D eigenvalue weighted by Gasteiger charge is 2.10. The second kappa shape index (κ2) is 6.43. The summed E-state index contributed by atoms with van der Waals surface area (Å²) in [6.07, 6.45) is 0.932. The fourth-order valence-electron chi connectivity index (χ4n) is 2.02. The van der Waals surface area contributed by atoms with Gasteiger partial charge in [0.05, 0.1) is 24.0 Å². The van der Waals surface area contributed by atoms with Gasteiger partial charge in [-0.15, -0.1) is 0 Å². The van der Waals surface area contributed by atoms with Crippen LogP contribution in [0.4, 0.5) is 11.4 Å². The average molecular weight is 290 g/mol. The zero-order chi connectivity index (χ0) is 14.5. The normalized spacial score (nSPS) is 11.9. The lowest BCUT2D eigenvalue weighted by Gasteiger charge is -2.16. The van der Waals surface area contributed by atoms with Gasteiger partial charge in [-0.25, -0.2) is 4.79 Å². The Kier molecular flexibility index (Phi) is 4.63. The fourth-order valence-corrected chi connectivity index (χ4v) is 2.70. The summed E-state index contributed by atoms with van der Waals surface area (Å²) in [6.45, 7) is 2.10. The first-order chi connectivity index (χ1) is 9.60. The summed E-state index contributed by atoms with van der Waals surface area (Å²) in [7, 11) is 1.35. The highest BCUT2D eigenvalue weighted by molar-refractivity contribution is 7.07. The molecular weight excluding hydrogens is 272 g/mol. The Hall–Kier alpha value is -2.01. The number of hydrogen-bond donors (Lipinski definition) is 2. The zero-order valence-corrected chi connectivity index (χ0v) is 12.4. The number of anilines is 2. The lowest BCUT2D eigenvalue weighted by Crippen LogP contribution is -2.18. The zero-order valence-electron chi connectivity index (χ0n) is 11.6. The molecule has 0 saturated carbocycles. The van der Waals surface area contributed by atoms with E-state index >= 15 is 0 Å². The third-order valence-electron chi connectivity index (χ3n) is 3.00. The molecule has 0 radical (unpaired) electrons. The highest BCUT2D eigenvalue weighted by Crippen LogP contribution is 2.22. The number of carbonyl (C=O) groups is 1. The van der Waals surface area contributed by atoms with Crippen molar-refractivity contribution in [3.63, 3.8) is 0 Å². The van der Waals surface area contributed by atoms with Crippen molar-refractivity contribution in [3.8, 4) is 0 Å². The largest absolute Gasteiger partial charge is 0.465 e. The predicted molar refractivity (Wildman–Crippen MR) is 83.3 cm³/mol. The molecule has 0 amide bonds. The van der Waals surface area contributed by atoms with E-state index in [4.69, 9.17) is 5.73 Å². The van der Waals surface area contributed by atoms with Crippen molar-refractivity contribution in [1.29, 1.82) is 0 Å². The van der Waals surface area contributed by atoms with Crippen molar-refractivity contribution in [2.75, 3.05) is 18.2 Å².